The van der Waals surface area contributed by atoms with Crippen LogP contribution in [0.3, 0.4) is 0 Å². The molecule has 1 saturated heterocycles. The van der Waals surface area contributed by atoms with E-state index in [0.29, 0.717) is 5.92 Å². The van der Waals surface area contributed by atoms with E-state index in [1.165, 1.54) is 49.1 Å². The standard InChI is InChI=1S/C29H31FN2O4/c1-36-27-17-26(20-5-7-23(30)8-6-20)25(19-3-2-4-19)15-22(27)18-31-12-10-24(11-13-31)32-14-9-21(29(34)35)16-28(32)33/h5-9,14-17,19,24H,2-4,10-13,18H2,1H3,(H,34,35). The molecule has 1 N–H and O–H groups in total. The van der Waals surface area contributed by atoms with Gasteiger partial charge in [-0.25, -0.2) is 9.18 Å². The number of nitrogens with zero attached hydrogens (tertiary/aromatic N) is 2. The zero-order valence-corrected chi connectivity index (χ0v) is 20.5. The van der Waals surface area contributed by atoms with E-state index >= 15 is 0 Å². The Morgan fingerprint density at radius 3 is 2.36 bits per heavy atom. The first-order chi connectivity index (χ1) is 17.4. The molecule has 1 aliphatic carbocycles. The fourth-order valence-electron chi connectivity index (χ4n) is 5.41. The number of hydrogen-bond donors (Lipinski definition) is 1. The number of likely N-dealkylation sites (tertiary alicyclic amines) is 1. The molecule has 2 aromatic carbocycles. The van der Waals surface area contributed by atoms with Gasteiger partial charge < -0.3 is 14.4 Å². The van der Waals surface area contributed by atoms with Crippen molar-refractivity contribution in [1.29, 1.82) is 0 Å². The number of carboxylic acid groups (broad SMARTS) is 1. The molecular weight excluding hydrogens is 459 g/mol. The van der Waals surface area contributed by atoms with Gasteiger partial charge in [0, 0.05) is 43.5 Å². The van der Waals surface area contributed by atoms with Gasteiger partial charge in [0.1, 0.15) is 11.6 Å². The smallest absolute Gasteiger partial charge is 0.335 e. The maximum absolute atomic E-state index is 13.5. The lowest BCUT2D eigenvalue weighted by molar-refractivity contribution is 0.0696. The second-order valence-electron chi connectivity index (χ2n) is 9.86. The molecule has 0 spiro atoms. The SMILES string of the molecule is COc1cc(-c2ccc(F)cc2)c(C2CCC2)cc1CN1CCC(n2ccc(C(=O)O)cc2=O)CC1. The number of carboxylic acids is 1. The molecule has 0 atom stereocenters. The Kier molecular flexibility index (Phi) is 6.92. The van der Waals surface area contributed by atoms with E-state index in [4.69, 9.17) is 9.84 Å². The summed E-state index contributed by atoms with van der Waals surface area (Å²) in [4.78, 5) is 26.0. The highest BCUT2D eigenvalue weighted by atomic mass is 19.1. The molecule has 2 aliphatic rings. The van der Waals surface area contributed by atoms with Crippen molar-refractivity contribution in [1.82, 2.24) is 9.47 Å². The minimum absolute atomic E-state index is 0.0205. The van der Waals surface area contributed by atoms with Crippen LogP contribution in [0.2, 0.25) is 0 Å². The van der Waals surface area contributed by atoms with Gasteiger partial charge in [-0.1, -0.05) is 18.6 Å². The van der Waals surface area contributed by atoms with E-state index < -0.39 is 5.97 Å². The van der Waals surface area contributed by atoms with Gasteiger partial charge in [0.05, 0.1) is 12.7 Å². The molecule has 7 heteroatoms. The molecule has 36 heavy (non-hydrogen) atoms. The molecule has 1 saturated carbocycles. The van der Waals surface area contributed by atoms with Crippen LogP contribution >= 0.6 is 0 Å². The summed E-state index contributed by atoms with van der Waals surface area (Å²) in [6.45, 7) is 2.42. The van der Waals surface area contributed by atoms with E-state index in [-0.39, 0.29) is 23.0 Å². The number of benzene rings is 2. The highest BCUT2D eigenvalue weighted by Crippen LogP contribution is 2.44. The molecule has 2 heterocycles. The Morgan fingerprint density at radius 1 is 1.06 bits per heavy atom. The van der Waals surface area contributed by atoms with Crippen molar-refractivity contribution in [2.24, 2.45) is 0 Å². The van der Waals surface area contributed by atoms with Crippen LogP contribution in [-0.4, -0.2) is 40.7 Å². The minimum Gasteiger partial charge on any atom is -0.496 e. The van der Waals surface area contributed by atoms with Crippen LogP contribution in [0, 0.1) is 5.82 Å². The molecule has 0 amide bonds. The number of methoxy groups -OCH3 is 1. The van der Waals surface area contributed by atoms with Gasteiger partial charge in [-0.2, -0.15) is 0 Å². The van der Waals surface area contributed by atoms with Crippen molar-refractivity contribution in [3.8, 4) is 16.9 Å². The third kappa shape index (κ3) is 4.93. The van der Waals surface area contributed by atoms with Crippen LogP contribution in [0.4, 0.5) is 4.39 Å². The maximum Gasteiger partial charge on any atom is 0.335 e. The Bertz CT molecular complexity index is 1310. The van der Waals surface area contributed by atoms with Crippen LogP contribution in [0.5, 0.6) is 5.75 Å². The molecule has 0 bridgehead atoms. The summed E-state index contributed by atoms with van der Waals surface area (Å²) in [5.74, 6) is 0.0202. The van der Waals surface area contributed by atoms with Gasteiger partial charge in [-0.15, -0.1) is 0 Å². The zero-order valence-electron chi connectivity index (χ0n) is 20.5. The average molecular weight is 491 g/mol. The molecule has 2 fully saturated rings. The lowest BCUT2D eigenvalue weighted by Crippen LogP contribution is -2.37. The van der Waals surface area contributed by atoms with Crippen LogP contribution < -0.4 is 10.3 Å². The second-order valence-corrected chi connectivity index (χ2v) is 9.86. The van der Waals surface area contributed by atoms with Crippen LogP contribution in [-0.2, 0) is 6.54 Å². The molecule has 188 valence electrons. The number of aromatic nitrogens is 1. The zero-order chi connectivity index (χ0) is 25.2. The Hall–Kier alpha value is -3.45. The lowest BCUT2D eigenvalue weighted by Gasteiger charge is -2.34. The summed E-state index contributed by atoms with van der Waals surface area (Å²) >= 11 is 0. The fourth-order valence-corrected chi connectivity index (χ4v) is 5.41. The molecule has 0 unspecified atom stereocenters. The van der Waals surface area contributed by atoms with Crippen molar-refractivity contribution < 1.29 is 19.0 Å². The predicted molar refractivity (Wildman–Crippen MR) is 136 cm³/mol. The van der Waals surface area contributed by atoms with Crippen molar-refractivity contribution in [3.63, 3.8) is 0 Å². The van der Waals surface area contributed by atoms with Crippen molar-refractivity contribution in [2.75, 3.05) is 20.2 Å². The largest absolute Gasteiger partial charge is 0.496 e. The van der Waals surface area contributed by atoms with Gasteiger partial charge in [0.25, 0.3) is 5.56 Å². The van der Waals surface area contributed by atoms with E-state index in [1.54, 1.807) is 17.9 Å². The van der Waals surface area contributed by atoms with Gasteiger partial charge in [-0.05, 0) is 78.6 Å². The molecule has 5 rings (SSSR count). The third-order valence-corrected chi connectivity index (χ3v) is 7.69. The molecule has 1 aromatic heterocycles. The van der Waals surface area contributed by atoms with Crippen molar-refractivity contribution in [2.45, 2.75) is 50.6 Å². The number of ether oxygens (including phenoxy) is 1. The normalized spacial score (nSPS) is 17.1. The van der Waals surface area contributed by atoms with Crippen molar-refractivity contribution in [3.05, 3.63) is 87.6 Å². The second kappa shape index (κ2) is 10.3. The number of halogens is 1. The van der Waals surface area contributed by atoms with Gasteiger partial charge in [0.2, 0.25) is 0 Å². The number of rotatable bonds is 7. The summed E-state index contributed by atoms with van der Waals surface area (Å²) in [5.41, 5.74) is 4.32. The van der Waals surface area contributed by atoms with Gasteiger partial charge >= 0.3 is 5.97 Å². The first-order valence-electron chi connectivity index (χ1n) is 12.6. The Labute approximate surface area is 209 Å². The highest BCUT2D eigenvalue weighted by molar-refractivity contribution is 5.87. The van der Waals surface area contributed by atoms with Crippen LogP contribution in [0.25, 0.3) is 11.1 Å². The van der Waals surface area contributed by atoms with Gasteiger partial charge in [-0.3, -0.25) is 9.69 Å². The topological polar surface area (TPSA) is 71.8 Å². The first kappa shape index (κ1) is 24.3. The Balaban J connectivity index is 1.34. The monoisotopic (exact) mass is 490 g/mol. The number of piperidine rings is 1. The van der Waals surface area contributed by atoms with E-state index in [9.17, 15) is 14.0 Å². The third-order valence-electron chi connectivity index (χ3n) is 7.69. The molecule has 1 aliphatic heterocycles. The minimum atomic E-state index is -1.09. The first-order valence-corrected chi connectivity index (χ1v) is 12.6. The van der Waals surface area contributed by atoms with Crippen LogP contribution in [0.15, 0.2) is 59.5 Å². The number of hydrogen-bond acceptors (Lipinski definition) is 4. The van der Waals surface area contributed by atoms with E-state index in [0.717, 1.165) is 54.9 Å². The summed E-state index contributed by atoms with van der Waals surface area (Å²) in [5, 5.41) is 9.11. The molecule has 3 aromatic rings. The van der Waals surface area contributed by atoms with E-state index in [1.807, 2.05) is 12.1 Å². The van der Waals surface area contributed by atoms with E-state index in [2.05, 4.69) is 17.0 Å². The molecule has 0 radical (unpaired) electrons. The maximum atomic E-state index is 13.5. The molecular formula is C29H31FN2O4. The number of pyridine rings is 1. The number of aromatic carboxylic acids is 1. The van der Waals surface area contributed by atoms with Crippen LogP contribution in [0.1, 0.15) is 65.5 Å². The van der Waals surface area contributed by atoms with Gasteiger partial charge in [0.15, 0.2) is 0 Å². The quantitative estimate of drug-likeness (QED) is 0.476. The average Bonchev–Trinajstić information content (AvgIpc) is 2.84. The summed E-state index contributed by atoms with van der Waals surface area (Å²) in [6.07, 6.45) is 6.81. The summed E-state index contributed by atoms with van der Waals surface area (Å²) < 4.78 is 21.0. The lowest BCUT2D eigenvalue weighted by atomic mass is 9.76. The highest BCUT2D eigenvalue weighted by Gasteiger charge is 2.27. The Morgan fingerprint density at radius 2 is 1.78 bits per heavy atom. The fraction of sp³-hybridized carbons (Fsp3) is 0.379. The van der Waals surface area contributed by atoms with Crippen molar-refractivity contribution >= 4 is 5.97 Å². The predicted octanol–water partition coefficient (Wildman–Crippen LogP) is 5.47. The summed E-state index contributed by atoms with van der Waals surface area (Å²) in [7, 11) is 1.69. The molecule has 6 nitrogen and oxygen atoms in total. The number of carbonyl (C=O) groups is 1. The summed E-state index contributed by atoms with van der Waals surface area (Å²) in [6, 6.07) is 13.8.